The van der Waals surface area contributed by atoms with Gasteiger partial charge >= 0.3 is 0 Å². The van der Waals surface area contributed by atoms with Crippen LogP contribution in [0.2, 0.25) is 0 Å². The first kappa shape index (κ1) is 21.8. The van der Waals surface area contributed by atoms with Crippen LogP contribution in [0.25, 0.3) is 0 Å². The van der Waals surface area contributed by atoms with Gasteiger partial charge in [0.2, 0.25) is 10.0 Å². The molecule has 1 aliphatic heterocycles. The lowest BCUT2D eigenvalue weighted by molar-refractivity contribution is -0.0672. The van der Waals surface area contributed by atoms with Crippen LogP contribution in [0.15, 0.2) is 17.0 Å². The molecule has 0 spiro atoms. The molecule has 0 radical (unpaired) electrons. The van der Waals surface area contributed by atoms with Gasteiger partial charge in [-0.15, -0.1) is 0 Å². The second-order valence-corrected chi connectivity index (χ2v) is 9.60. The van der Waals surface area contributed by atoms with Crippen molar-refractivity contribution >= 4 is 15.9 Å². The summed E-state index contributed by atoms with van der Waals surface area (Å²) < 4.78 is 32.0. The Hall–Kier alpha value is -1.48. The number of ether oxygens (including phenoxy) is 1. The maximum atomic E-state index is 12.6. The van der Waals surface area contributed by atoms with E-state index in [0.717, 1.165) is 29.5 Å². The van der Waals surface area contributed by atoms with E-state index in [9.17, 15) is 13.2 Å². The van der Waals surface area contributed by atoms with E-state index in [1.165, 1.54) is 20.2 Å². The minimum atomic E-state index is -3.60. The third-order valence-corrected chi connectivity index (χ3v) is 6.79. The van der Waals surface area contributed by atoms with E-state index in [-0.39, 0.29) is 23.0 Å². The van der Waals surface area contributed by atoms with Gasteiger partial charge in [-0.2, -0.15) is 0 Å². The molecular weight excluding hydrogens is 366 g/mol. The molecule has 1 heterocycles. The van der Waals surface area contributed by atoms with Gasteiger partial charge in [0.05, 0.1) is 17.1 Å². The molecule has 0 aromatic heterocycles. The van der Waals surface area contributed by atoms with Crippen molar-refractivity contribution in [2.75, 3.05) is 40.3 Å². The fourth-order valence-corrected chi connectivity index (χ4v) is 4.54. The highest BCUT2D eigenvalue weighted by molar-refractivity contribution is 7.89. The first-order valence-corrected chi connectivity index (χ1v) is 10.7. The number of hydrogen-bond donors (Lipinski definition) is 1. The second kappa shape index (κ2) is 8.68. The van der Waals surface area contributed by atoms with Crippen LogP contribution in [0.1, 0.15) is 35.3 Å². The molecule has 8 heteroatoms. The summed E-state index contributed by atoms with van der Waals surface area (Å²) in [6, 6.07) is 3.20. The maximum Gasteiger partial charge on any atom is 0.251 e. The fraction of sp³-hybridized carbons (Fsp3) is 0.632. The number of morpholine rings is 1. The van der Waals surface area contributed by atoms with Gasteiger partial charge in [-0.3, -0.25) is 9.69 Å². The van der Waals surface area contributed by atoms with Crippen molar-refractivity contribution in [3.8, 4) is 0 Å². The van der Waals surface area contributed by atoms with Crippen LogP contribution in [-0.4, -0.2) is 76.0 Å². The summed E-state index contributed by atoms with van der Waals surface area (Å²) in [6.45, 7) is 10.6. The molecule has 2 rings (SSSR count). The molecule has 1 N–H and O–H groups in total. The molecular formula is C19H31N3O4S. The first-order chi connectivity index (χ1) is 12.5. The summed E-state index contributed by atoms with van der Waals surface area (Å²) >= 11 is 0. The van der Waals surface area contributed by atoms with Gasteiger partial charge in [0, 0.05) is 45.8 Å². The minimum Gasteiger partial charge on any atom is -0.373 e. The molecule has 1 saturated heterocycles. The molecule has 1 aromatic carbocycles. The Balaban J connectivity index is 2.07. The van der Waals surface area contributed by atoms with E-state index in [1.807, 2.05) is 20.8 Å². The van der Waals surface area contributed by atoms with Crippen molar-refractivity contribution in [2.45, 2.75) is 44.8 Å². The second-order valence-electron chi connectivity index (χ2n) is 7.48. The van der Waals surface area contributed by atoms with Crippen LogP contribution < -0.4 is 5.32 Å². The van der Waals surface area contributed by atoms with Crippen molar-refractivity contribution in [3.63, 3.8) is 0 Å². The van der Waals surface area contributed by atoms with Crippen LogP contribution in [-0.2, 0) is 14.8 Å². The molecule has 0 saturated carbocycles. The van der Waals surface area contributed by atoms with Crippen LogP contribution >= 0.6 is 0 Å². The highest BCUT2D eigenvalue weighted by Gasteiger charge is 2.24. The highest BCUT2D eigenvalue weighted by Crippen LogP contribution is 2.23. The Morgan fingerprint density at radius 1 is 1.22 bits per heavy atom. The van der Waals surface area contributed by atoms with E-state index >= 15 is 0 Å². The van der Waals surface area contributed by atoms with Gasteiger partial charge in [0.15, 0.2) is 0 Å². The van der Waals surface area contributed by atoms with Gasteiger partial charge in [0.25, 0.3) is 5.91 Å². The molecule has 0 bridgehead atoms. The summed E-state index contributed by atoms with van der Waals surface area (Å²) in [7, 11) is -0.630. The van der Waals surface area contributed by atoms with Crippen LogP contribution in [0.5, 0.6) is 0 Å². The van der Waals surface area contributed by atoms with E-state index in [1.54, 1.807) is 13.0 Å². The molecule has 1 amide bonds. The third-order valence-electron chi connectivity index (χ3n) is 4.85. The molecule has 2 unspecified atom stereocenters. The Morgan fingerprint density at radius 2 is 1.81 bits per heavy atom. The Morgan fingerprint density at radius 3 is 2.37 bits per heavy atom. The lowest BCUT2D eigenvalue weighted by Crippen LogP contribution is -2.47. The monoisotopic (exact) mass is 397 g/mol. The number of sulfonamides is 1. The third kappa shape index (κ3) is 5.28. The summed E-state index contributed by atoms with van der Waals surface area (Å²) in [4.78, 5) is 15.0. The van der Waals surface area contributed by atoms with E-state index < -0.39 is 10.0 Å². The zero-order valence-corrected chi connectivity index (χ0v) is 17.9. The van der Waals surface area contributed by atoms with Crippen LogP contribution in [0.4, 0.5) is 0 Å². The number of carbonyl (C=O) groups excluding carboxylic acids is 1. The van der Waals surface area contributed by atoms with Crippen molar-refractivity contribution < 1.29 is 17.9 Å². The predicted molar refractivity (Wildman–Crippen MR) is 106 cm³/mol. The molecule has 1 aromatic rings. The number of benzene rings is 1. The molecule has 0 aliphatic carbocycles. The standard InChI is InChI=1S/C19H31N3O4S/c1-13-9-17(10-18(16(13)4)27(24,25)21(5)6)19(23)20-7-8-22-11-14(2)26-15(3)12-22/h9-10,14-15H,7-8,11-12H2,1-6H3,(H,20,23). The normalized spacial score (nSPS) is 21.4. The number of carbonyl (C=O) groups is 1. The van der Waals surface area contributed by atoms with Gasteiger partial charge in [0.1, 0.15) is 0 Å². The topological polar surface area (TPSA) is 79.0 Å². The van der Waals surface area contributed by atoms with Gasteiger partial charge in [-0.25, -0.2) is 12.7 Å². The van der Waals surface area contributed by atoms with Crippen LogP contribution in [0.3, 0.4) is 0 Å². The van der Waals surface area contributed by atoms with Crippen molar-refractivity contribution in [1.82, 2.24) is 14.5 Å². The summed E-state index contributed by atoms with van der Waals surface area (Å²) in [6.07, 6.45) is 0.367. The quantitative estimate of drug-likeness (QED) is 0.785. The zero-order valence-electron chi connectivity index (χ0n) is 17.1. The van der Waals surface area contributed by atoms with Crippen LogP contribution in [0, 0.1) is 13.8 Å². The molecule has 1 aliphatic rings. The molecule has 152 valence electrons. The smallest absolute Gasteiger partial charge is 0.251 e. The summed E-state index contributed by atoms with van der Waals surface area (Å²) in [5.41, 5.74) is 1.80. The maximum absolute atomic E-state index is 12.6. The highest BCUT2D eigenvalue weighted by atomic mass is 32.2. The number of rotatable bonds is 6. The van der Waals surface area contributed by atoms with Crippen molar-refractivity contribution in [3.05, 3.63) is 28.8 Å². The lowest BCUT2D eigenvalue weighted by Gasteiger charge is -2.35. The largest absolute Gasteiger partial charge is 0.373 e. The first-order valence-electron chi connectivity index (χ1n) is 9.22. The molecule has 7 nitrogen and oxygen atoms in total. The van der Waals surface area contributed by atoms with Gasteiger partial charge in [-0.05, 0) is 51.0 Å². The fourth-order valence-electron chi connectivity index (χ4n) is 3.32. The van der Waals surface area contributed by atoms with E-state index in [0.29, 0.717) is 17.7 Å². The predicted octanol–water partition coefficient (Wildman–Crippen LogP) is 1.39. The number of nitrogens with one attached hydrogen (secondary N) is 1. The number of amides is 1. The van der Waals surface area contributed by atoms with E-state index in [4.69, 9.17) is 4.74 Å². The number of hydrogen-bond acceptors (Lipinski definition) is 5. The van der Waals surface area contributed by atoms with E-state index in [2.05, 4.69) is 10.2 Å². The molecule has 1 fully saturated rings. The zero-order chi connectivity index (χ0) is 20.4. The molecule has 27 heavy (non-hydrogen) atoms. The number of nitrogens with zero attached hydrogens (tertiary/aromatic N) is 2. The average Bonchev–Trinajstić information content (AvgIpc) is 2.55. The van der Waals surface area contributed by atoms with Gasteiger partial charge < -0.3 is 10.1 Å². The summed E-state index contributed by atoms with van der Waals surface area (Å²) in [5, 5.41) is 2.90. The van der Waals surface area contributed by atoms with Crippen molar-refractivity contribution in [1.29, 1.82) is 0 Å². The Kier molecular flexibility index (Phi) is 7.02. The Labute approximate surface area is 162 Å². The van der Waals surface area contributed by atoms with Crippen molar-refractivity contribution in [2.24, 2.45) is 0 Å². The minimum absolute atomic E-state index is 0.175. The van der Waals surface area contributed by atoms with Gasteiger partial charge in [-0.1, -0.05) is 0 Å². The lowest BCUT2D eigenvalue weighted by atomic mass is 10.1. The number of aryl methyl sites for hydroxylation is 1. The molecule has 2 atom stereocenters. The SMILES string of the molecule is Cc1cc(C(=O)NCCN2CC(C)OC(C)C2)cc(S(=O)(=O)N(C)C)c1C. The Bertz CT molecular complexity index is 782. The summed E-state index contributed by atoms with van der Waals surface area (Å²) in [5.74, 6) is -0.261. The average molecular weight is 398 g/mol.